The van der Waals surface area contributed by atoms with Crippen molar-refractivity contribution >= 4 is 11.4 Å². The summed E-state index contributed by atoms with van der Waals surface area (Å²) in [5, 5.41) is 3.52. The second-order valence-electron chi connectivity index (χ2n) is 4.88. The Hall–Kier alpha value is -1.22. The highest BCUT2D eigenvalue weighted by Gasteiger charge is 2.22. The lowest BCUT2D eigenvalue weighted by atomic mass is 10.1. The van der Waals surface area contributed by atoms with E-state index in [9.17, 15) is 0 Å². The van der Waals surface area contributed by atoms with Crippen LogP contribution in [0.25, 0.3) is 0 Å². The Labute approximate surface area is 104 Å². The van der Waals surface area contributed by atoms with Crippen LogP contribution >= 0.6 is 0 Å². The Balaban J connectivity index is 1.91. The number of hydrogen-bond acceptors (Lipinski definition) is 3. The topological polar surface area (TPSA) is 41.3 Å². The van der Waals surface area contributed by atoms with Crippen molar-refractivity contribution in [2.75, 3.05) is 30.7 Å². The van der Waals surface area contributed by atoms with E-state index in [1.54, 1.807) is 0 Å². The maximum Gasteiger partial charge on any atom is 0.0345 e. The first-order chi connectivity index (χ1) is 8.20. The number of likely N-dealkylation sites (N-methyl/N-ethyl adjacent to an activating group) is 1. The molecule has 1 aromatic carbocycles. The maximum absolute atomic E-state index is 5.81. The van der Waals surface area contributed by atoms with Crippen LogP contribution in [0.15, 0.2) is 18.2 Å². The summed E-state index contributed by atoms with van der Waals surface area (Å²) in [7, 11) is 0. The van der Waals surface area contributed by atoms with Gasteiger partial charge in [-0.25, -0.2) is 0 Å². The average molecular weight is 233 g/mol. The summed E-state index contributed by atoms with van der Waals surface area (Å²) in [6, 6.07) is 6.86. The number of nitrogen functional groups attached to an aromatic ring is 1. The van der Waals surface area contributed by atoms with Crippen LogP contribution in [0.3, 0.4) is 0 Å². The van der Waals surface area contributed by atoms with E-state index in [1.807, 2.05) is 6.07 Å². The van der Waals surface area contributed by atoms with Gasteiger partial charge in [-0.3, -0.25) is 4.90 Å². The Kier molecular flexibility index (Phi) is 3.89. The van der Waals surface area contributed by atoms with Crippen molar-refractivity contribution in [1.29, 1.82) is 0 Å². The molecule has 1 saturated heterocycles. The van der Waals surface area contributed by atoms with Crippen LogP contribution < -0.4 is 11.1 Å². The smallest absolute Gasteiger partial charge is 0.0345 e. The van der Waals surface area contributed by atoms with E-state index >= 15 is 0 Å². The molecule has 0 aliphatic carbocycles. The van der Waals surface area contributed by atoms with Gasteiger partial charge in [-0.15, -0.1) is 0 Å². The largest absolute Gasteiger partial charge is 0.399 e. The minimum absolute atomic E-state index is 0.692. The van der Waals surface area contributed by atoms with Crippen LogP contribution in [-0.4, -0.2) is 30.6 Å². The van der Waals surface area contributed by atoms with E-state index in [0.29, 0.717) is 6.04 Å². The predicted molar refractivity (Wildman–Crippen MR) is 74.4 cm³/mol. The molecule has 0 amide bonds. The van der Waals surface area contributed by atoms with E-state index in [0.717, 1.165) is 24.3 Å². The summed E-state index contributed by atoms with van der Waals surface area (Å²) in [6.45, 7) is 7.74. The first kappa shape index (κ1) is 12.2. The zero-order valence-corrected chi connectivity index (χ0v) is 10.9. The van der Waals surface area contributed by atoms with Gasteiger partial charge in [0.25, 0.3) is 0 Å². The number of benzene rings is 1. The van der Waals surface area contributed by atoms with Crippen molar-refractivity contribution in [2.45, 2.75) is 32.7 Å². The fourth-order valence-corrected chi connectivity index (χ4v) is 2.56. The fraction of sp³-hybridized carbons (Fsp3) is 0.571. The van der Waals surface area contributed by atoms with Gasteiger partial charge in [0, 0.05) is 24.0 Å². The van der Waals surface area contributed by atoms with Gasteiger partial charge in [-0.1, -0.05) is 6.92 Å². The van der Waals surface area contributed by atoms with Crippen molar-refractivity contribution in [3.63, 3.8) is 0 Å². The highest BCUT2D eigenvalue weighted by Crippen LogP contribution is 2.19. The highest BCUT2D eigenvalue weighted by molar-refractivity contribution is 5.56. The molecule has 1 aliphatic heterocycles. The molecule has 1 aromatic rings. The molecule has 1 heterocycles. The Bertz CT molecular complexity index is 376. The molecule has 0 spiro atoms. The van der Waals surface area contributed by atoms with Crippen LogP contribution in [0.2, 0.25) is 0 Å². The highest BCUT2D eigenvalue weighted by atomic mass is 15.2. The van der Waals surface area contributed by atoms with Gasteiger partial charge < -0.3 is 11.1 Å². The molecule has 1 aliphatic rings. The van der Waals surface area contributed by atoms with Crippen molar-refractivity contribution < 1.29 is 0 Å². The summed E-state index contributed by atoms with van der Waals surface area (Å²) < 4.78 is 0. The number of likely N-dealkylation sites (tertiary alicyclic amines) is 1. The molecular weight excluding hydrogens is 210 g/mol. The van der Waals surface area contributed by atoms with Gasteiger partial charge in [0.15, 0.2) is 0 Å². The van der Waals surface area contributed by atoms with E-state index in [2.05, 4.69) is 36.2 Å². The summed E-state index contributed by atoms with van der Waals surface area (Å²) in [5.41, 5.74) is 9.01. The lowest BCUT2D eigenvalue weighted by molar-refractivity contribution is 0.277. The molecule has 3 N–H and O–H groups in total. The molecule has 3 heteroatoms. The summed E-state index contributed by atoms with van der Waals surface area (Å²) in [6.07, 6.45) is 2.65. The summed E-state index contributed by atoms with van der Waals surface area (Å²) in [5.74, 6) is 0. The molecule has 0 aromatic heterocycles. The van der Waals surface area contributed by atoms with E-state index in [4.69, 9.17) is 5.73 Å². The van der Waals surface area contributed by atoms with E-state index in [1.165, 1.54) is 25.1 Å². The Morgan fingerprint density at radius 1 is 1.47 bits per heavy atom. The third kappa shape index (κ3) is 2.91. The molecule has 3 nitrogen and oxygen atoms in total. The minimum atomic E-state index is 0.692. The van der Waals surface area contributed by atoms with Gasteiger partial charge in [0.05, 0.1) is 0 Å². The van der Waals surface area contributed by atoms with Crippen LogP contribution in [0.1, 0.15) is 25.3 Å². The Morgan fingerprint density at radius 3 is 3.00 bits per heavy atom. The van der Waals surface area contributed by atoms with Crippen LogP contribution in [0.4, 0.5) is 11.4 Å². The predicted octanol–water partition coefficient (Wildman–Crippen LogP) is 2.47. The molecule has 2 rings (SSSR count). The summed E-state index contributed by atoms with van der Waals surface area (Å²) in [4.78, 5) is 2.55. The number of aryl methyl sites for hydroxylation is 1. The molecule has 94 valence electrons. The lowest BCUT2D eigenvalue weighted by Crippen LogP contribution is -2.34. The number of nitrogens with two attached hydrogens (primary N) is 1. The number of hydrogen-bond donors (Lipinski definition) is 2. The number of nitrogens with one attached hydrogen (secondary N) is 1. The van der Waals surface area contributed by atoms with Crippen LogP contribution in [0, 0.1) is 6.92 Å². The van der Waals surface area contributed by atoms with Crippen molar-refractivity contribution in [3.05, 3.63) is 23.8 Å². The average Bonchev–Trinajstić information content (AvgIpc) is 2.78. The summed E-state index contributed by atoms with van der Waals surface area (Å²) >= 11 is 0. The molecule has 0 radical (unpaired) electrons. The molecular formula is C14H23N3. The number of anilines is 2. The maximum atomic E-state index is 5.81. The SMILES string of the molecule is CCN1CCCC1CNc1ccc(N)c(C)c1. The minimum Gasteiger partial charge on any atom is -0.399 e. The first-order valence-electron chi connectivity index (χ1n) is 6.54. The van der Waals surface area contributed by atoms with E-state index < -0.39 is 0 Å². The molecule has 0 saturated carbocycles. The van der Waals surface area contributed by atoms with Gasteiger partial charge >= 0.3 is 0 Å². The normalized spacial score (nSPS) is 20.7. The molecule has 1 unspecified atom stereocenters. The third-order valence-corrected chi connectivity index (χ3v) is 3.72. The molecule has 0 bridgehead atoms. The second kappa shape index (κ2) is 5.41. The monoisotopic (exact) mass is 233 g/mol. The van der Waals surface area contributed by atoms with Gasteiger partial charge in [-0.2, -0.15) is 0 Å². The standard InChI is InChI=1S/C14H23N3/c1-3-17-8-4-5-13(17)10-16-12-6-7-14(15)11(2)9-12/h6-7,9,13,16H,3-5,8,10,15H2,1-2H3. The lowest BCUT2D eigenvalue weighted by Gasteiger charge is -2.23. The van der Waals surface area contributed by atoms with Crippen molar-refractivity contribution in [2.24, 2.45) is 0 Å². The van der Waals surface area contributed by atoms with E-state index in [-0.39, 0.29) is 0 Å². The quantitative estimate of drug-likeness (QED) is 0.785. The first-order valence-corrected chi connectivity index (χ1v) is 6.54. The second-order valence-corrected chi connectivity index (χ2v) is 4.88. The van der Waals surface area contributed by atoms with Crippen molar-refractivity contribution in [3.8, 4) is 0 Å². The molecule has 1 atom stereocenters. The van der Waals surface area contributed by atoms with Gasteiger partial charge in [0.2, 0.25) is 0 Å². The third-order valence-electron chi connectivity index (χ3n) is 3.72. The zero-order valence-electron chi connectivity index (χ0n) is 10.9. The van der Waals surface area contributed by atoms with Gasteiger partial charge in [-0.05, 0) is 56.6 Å². The number of nitrogens with zero attached hydrogens (tertiary/aromatic N) is 1. The molecule has 1 fully saturated rings. The van der Waals surface area contributed by atoms with Crippen molar-refractivity contribution in [1.82, 2.24) is 4.90 Å². The van der Waals surface area contributed by atoms with Crippen LogP contribution in [0.5, 0.6) is 0 Å². The van der Waals surface area contributed by atoms with Crippen LogP contribution in [-0.2, 0) is 0 Å². The van der Waals surface area contributed by atoms with Gasteiger partial charge in [0.1, 0.15) is 0 Å². The molecule has 17 heavy (non-hydrogen) atoms. The Morgan fingerprint density at radius 2 is 2.29 bits per heavy atom. The zero-order chi connectivity index (χ0) is 12.3. The fourth-order valence-electron chi connectivity index (χ4n) is 2.56. The number of rotatable bonds is 4.